The van der Waals surface area contributed by atoms with Crippen LogP contribution in [-0.4, -0.2) is 37.8 Å². The Labute approximate surface area is 178 Å². The van der Waals surface area contributed by atoms with Gasteiger partial charge in [0.15, 0.2) is 5.56 Å². The molecule has 1 aromatic carbocycles. The Morgan fingerprint density at radius 1 is 1.06 bits per heavy atom. The Bertz CT molecular complexity index is 1160. The number of carbonyl (C=O) groups is 2. The van der Waals surface area contributed by atoms with Crippen molar-refractivity contribution in [2.75, 3.05) is 6.54 Å². The first-order valence-electron chi connectivity index (χ1n) is 9.83. The van der Waals surface area contributed by atoms with Crippen molar-refractivity contribution in [3.05, 3.63) is 61.5 Å². The van der Waals surface area contributed by atoms with E-state index in [1.165, 1.54) is 0 Å². The second-order valence-corrected chi connectivity index (χ2v) is 7.46. The number of aliphatic carboxylic acids is 1. The van der Waals surface area contributed by atoms with E-state index in [2.05, 4.69) is 0 Å². The SMILES string of the molecule is O=C(O)CNC(=O)c1c(O)n(C2CCCCC2)c(=O)n(Cc2c(F)cc(F)cc2F)c1=O. The predicted octanol–water partition coefficient (Wildman–Crippen LogP) is 1.50. The summed E-state index contributed by atoms with van der Waals surface area (Å²) < 4.78 is 42.7. The predicted molar refractivity (Wildman–Crippen MR) is 104 cm³/mol. The lowest BCUT2D eigenvalue weighted by Gasteiger charge is -2.26. The Morgan fingerprint density at radius 2 is 1.66 bits per heavy atom. The molecule has 32 heavy (non-hydrogen) atoms. The number of nitrogens with one attached hydrogen (secondary N) is 1. The number of amides is 1. The molecule has 9 nitrogen and oxygen atoms in total. The maximum atomic E-state index is 14.2. The molecule has 0 atom stereocenters. The summed E-state index contributed by atoms with van der Waals surface area (Å²) in [4.78, 5) is 49.2. The Morgan fingerprint density at radius 3 is 2.22 bits per heavy atom. The minimum absolute atomic E-state index is 0.364. The first-order valence-corrected chi connectivity index (χ1v) is 9.83. The molecule has 1 amide bonds. The number of carboxylic acids is 1. The third-order valence-electron chi connectivity index (χ3n) is 5.34. The summed E-state index contributed by atoms with van der Waals surface area (Å²) in [7, 11) is 0. The molecule has 1 aromatic heterocycles. The van der Waals surface area contributed by atoms with E-state index in [0.29, 0.717) is 42.4 Å². The van der Waals surface area contributed by atoms with Gasteiger partial charge in [-0.3, -0.25) is 23.5 Å². The van der Waals surface area contributed by atoms with Gasteiger partial charge >= 0.3 is 11.7 Å². The van der Waals surface area contributed by atoms with Crippen LogP contribution in [0.4, 0.5) is 13.2 Å². The van der Waals surface area contributed by atoms with Gasteiger partial charge in [0, 0.05) is 23.7 Å². The molecular formula is C20H20F3N3O6. The highest BCUT2D eigenvalue weighted by atomic mass is 19.1. The fourth-order valence-electron chi connectivity index (χ4n) is 3.79. The number of hydrogen-bond acceptors (Lipinski definition) is 5. The maximum Gasteiger partial charge on any atom is 0.334 e. The van der Waals surface area contributed by atoms with Crippen molar-refractivity contribution in [3.8, 4) is 5.88 Å². The molecule has 2 aromatic rings. The number of aromatic nitrogens is 2. The largest absolute Gasteiger partial charge is 0.494 e. The minimum Gasteiger partial charge on any atom is -0.494 e. The third-order valence-corrected chi connectivity index (χ3v) is 5.34. The van der Waals surface area contributed by atoms with E-state index in [9.17, 15) is 37.5 Å². The fourth-order valence-corrected chi connectivity index (χ4v) is 3.79. The zero-order chi connectivity index (χ0) is 23.6. The number of rotatable bonds is 6. The van der Waals surface area contributed by atoms with Gasteiger partial charge in [-0.25, -0.2) is 18.0 Å². The molecule has 172 valence electrons. The number of nitrogens with zero attached hydrogens (tertiary/aromatic N) is 2. The average molecular weight is 455 g/mol. The van der Waals surface area contributed by atoms with Gasteiger partial charge in [-0.1, -0.05) is 19.3 Å². The average Bonchev–Trinajstić information content (AvgIpc) is 2.72. The van der Waals surface area contributed by atoms with Crippen LogP contribution in [-0.2, 0) is 11.3 Å². The molecule has 3 N–H and O–H groups in total. The van der Waals surface area contributed by atoms with Crippen LogP contribution >= 0.6 is 0 Å². The van der Waals surface area contributed by atoms with Crippen LogP contribution in [0.15, 0.2) is 21.7 Å². The summed E-state index contributed by atoms with van der Waals surface area (Å²) in [6, 6.07) is 0.172. The summed E-state index contributed by atoms with van der Waals surface area (Å²) in [5.41, 5.74) is -4.19. The third kappa shape index (κ3) is 4.53. The van der Waals surface area contributed by atoms with E-state index in [-0.39, 0.29) is 0 Å². The van der Waals surface area contributed by atoms with Crippen molar-refractivity contribution in [2.24, 2.45) is 0 Å². The molecular weight excluding hydrogens is 435 g/mol. The van der Waals surface area contributed by atoms with Crippen molar-refractivity contribution in [2.45, 2.75) is 44.7 Å². The summed E-state index contributed by atoms with van der Waals surface area (Å²) in [6.07, 6.45) is 3.18. The van der Waals surface area contributed by atoms with Gasteiger partial charge in [0.2, 0.25) is 5.88 Å². The molecule has 1 saturated carbocycles. The highest BCUT2D eigenvalue weighted by Gasteiger charge is 2.29. The Hall–Kier alpha value is -3.57. The molecule has 0 aliphatic heterocycles. The molecule has 0 saturated heterocycles. The van der Waals surface area contributed by atoms with Gasteiger partial charge in [0.25, 0.3) is 11.5 Å². The first kappa shape index (κ1) is 23.1. The number of hydrogen-bond donors (Lipinski definition) is 3. The lowest BCUT2D eigenvalue weighted by Crippen LogP contribution is -2.46. The normalized spacial score (nSPS) is 14.3. The van der Waals surface area contributed by atoms with Crippen LogP contribution in [0.2, 0.25) is 0 Å². The van der Waals surface area contributed by atoms with Gasteiger partial charge in [-0.15, -0.1) is 0 Å². The number of carbonyl (C=O) groups excluding carboxylic acids is 1. The molecule has 3 rings (SSSR count). The summed E-state index contributed by atoms with van der Waals surface area (Å²) >= 11 is 0. The van der Waals surface area contributed by atoms with Gasteiger partial charge in [0.1, 0.15) is 24.0 Å². The van der Waals surface area contributed by atoms with E-state index in [0.717, 1.165) is 11.0 Å². The Balaban J connectivity index is 2.21. The van der Waals surface area contributed by atoms with Crippen molar-refractivity contribution < 1.29 is 33.0 Å². The van der Waals surface area contributed by atoms with Crippen LogP contribution in [0.5, 0.6) is 5.88 Å². The summed E-state index contributed by atoms with van der Waals surface area (Å²) in [6.45, 7) is -1.84. The molecule has 0 spiro atoms. The smallest absolute Gasteiger partial charge is 0.334 e. The zero-order valence-electron chi connectivity index (χ0n) is 16.7. The monoisotopic (exact) mass is 455 g/mol. The van der Waals surface area contributed by atoms with E-state index in [1.54, 1.807) is 0 Å². The van der Waals surface area contributed by atoms with E-state index in [4.69, 9.17) is 5.11 Å². The van der Waals surface area contributed by atoms with Crippen LogP contribution in [0.1, 0.15) is 54.1 Å². The van der Waals surface area contributed by atoms with E-state index >= 15 is 0 Å². The molecule has 1 heterocycles. The van der Waals surface area contributed by atoms with Gasteiger partial charge in [-0.2, -0.15) is 0 Å². The molecule has 0 bridgehead atoms. The first-order chi connectivity index (χ1) is 15.1. The topological polar surface area (TPSA) is 131 Å². The number of halogens is 3. The Kier molecular flexibility index (Phi) is 6.70. The number of carboxylic acid groups (broad SMARTS) is 1. The van der Waals surface area contributed by atoms with Crippen LogP contribution in [0.3, 0.4) is 0 Å². The van der Waals surface area contributed by atoms with Crippen LogP contribution in [0.25, 0.3) is 0 Å². The molecule has 1 aliphatic rings. The number of aromatic hydroxyl groups is 1. The summed E-state index contributed by atoms with van der Waals surface area (Å²) in [5, 5.41) is 21.3. The second-order valence-electron chi connectivity index (χ2n) is 7.46. The zero-order valence-corrected chi connectivity index (χ0v) is 16.7. The van der Waals surface area contributed by atoms with Gasteiger partial charge in [-0.05, 0) is 12.8 Å². The standard InChI is InChI=1S/C20H20F3N3O6/c21-10-6-13(22)12(14(23)7-10)9-25-18(30)16(17(29)24-8-15(27)28)19(31)26(20(25)32)11-4-2-1-3-5-11/h6-7,11,31H,1-5,8-9H2,(H,24,29)(H,27,28). The van der Waals surface area contributed by atoms with Crippen LogP contribution < -0.4 is 16.6 Å². The van der Waals surface area contributed by atoms with Gasteiger partial charge in [0.05, 0.1) is 6.54 Å². The van der Waals surface area contributed by atoms with Crippen molar-refractivity contribution >= 4 is 11.9 Å². The highest BCUT2D eigenvalue weighted by Crippen LogP contribution is 2.30. The van der Waals surface area contributed by atoms with E-state index < -0.39 is 76.7 Å². The molecule has 1 fully saturated rings. The van der Waals surface area contributed by atoms with Crippen LogP contribution in [0, 0.1) is 17.5 Å². The van der Waals surface area contributed by atoms with Crippen molar-refractivity contribution in [1.29, 1.82) is 0 Å². The summed E-state index contributed by atoms with van der Waals surface area (Å²) in [5.74, 6) is -7.53. The minimum atomic E-state index is -1.42. The number of benzene rings is 1. The van der Waals surface area contributed by atoms with E-state index in [1.807, 2.05) is 5.32 Å². The van der Waals surface area contributed by atoms with Crippen molar-refractivity contribution in [1.82, 2.24) is 14.5 Å². The molecule has 12 heteroatoms. The quantitative estimate of drug-likeness (QED) is 0.605. The fraction of sp³-hybridized carbons (Fsp3) is 0.400. The second kappa shape index (κ2) is 9.28. The lowest BCUT2D eigenvalue weighted by atomic mass is 9.95. The molecule has 0 unspecified atom stereocenters. The highest BCUT2D eigenvalue weighted by molar-refractivity contribution is 5.97. The molecule has 1 aliphatic carbocycles. The van der Waals surface area contributed by atoms with Gasteiger partial charge < -0.3 is 15.5 Å². The molecule has 0 radical (unpaired) electrons. The lowest BCUT2D eigenvalue weighted by molar-refractivity contribution is -0.135. The van der Waals surface area contributed by atoms with Crippen molar-refractivity contribution in [3.63, 3.8) is 0 Å². The maximum absolute atomic E-state index is 14.2.